The van der Waals surface area contributed by atoms with Gasteiger partial charge in [0.05, 0.1) is 0 Å². The van der Waals surface area contributed by atoms with Gasteiger partial charge >= 0.3 is 0 Å². The molecule has 1 heterocycles. The Morgan fingerprint density at radius 2 is 1.92 bits per heavy atom. The molecule has 62 valence electrons. The standard InChI is InChI=1S/C10H7N3/c1-2-13-10-8-6-4-3-5-7-9(10)11-12-13/h1,3-8H/b4-3?,5-3-,6-4-,7-5?,8-6?,9-7+,10-8+. The molecule has 3 heteroatoms. The van der Waals surface area contributed by atoms with Crippen molar-refractivity contribution < 1.29 is 0 Å². The van der Waals surface area contributed by atoms with Gasteiger partial charge in [0.25, 0.3) is 0 Å². The first-order valence-electron chi connectivity index (χ1n) is 3.85. The number of hydrogen-bond acceptors (Lipinski definition) is 2. The normalized spacial score (nSPS) is 23.3. The molecule has 0 unspecified atom stereocenters. The molecular weight excluding hydrogens is 162 g/mol. The lowest BCUT2D eigenvalue weighted by molar-refractivity contribution is 0.812. The Morgan fingerprint density at radius 3 is 2.69 bits per heavy atom. The predicted molar refractivity (Wildman–Crippen MR) is 50.7 cm³/mol. The zero-order valence-corrected chi connectivity index (χ0v) is 6.88. The van der Waals surface area contributed by atoms with Crippen LogP contribution in [-0.2, 0) is 0 Å². The van der Waals surface area contributed by atoms with Crippen LogP contribution in [-0.4, -0.2) is 15.0 Å². The van der Waals surface area contributed by atoms with Crippen LogP contribution in [0.4, 0.5) is 0 Å². The van der Waals surface area contributed by atoms with E-state index in [0.29, 0.717) is 0 Å². The molecule has 0 N–H and O–H groups in total. The molecule has 0 spiro atoms. The van der Waals surface area contributed by atoms with E-state index in [4.69, 9.17) is 6.42 Å². The topological polar surface area (TPSA) is 30.7 Å². The fraction of sp³-hybridized carbons (Fsp3) is 0. The van der Waals surface area contributed by atoms with Gasteiger partial charge in [0.1, 0.15) is 10.7 Å². The molecule has 0 aliphatic heterocycles. The number of fused-ring (bicyclic) bond motifs is 1. The average Bonchev–Trinajstić information content (AvgIpc) is 2.46. The van der Waals surface area contributed by atoms with E-state index in [1.54, 1.807) is 0 Å². The van der Waals surface area contributed by atoms with Gasteiger partial charge < -0.3 is 0 Å². The van der Waals surface area contributed by atoms with Gasteiger partial charge in [0.15, 0.2) is 0 Å². The average molecular weight is 169 g/mol. The van der Waals surface area contributed by atoms with Crippen molar-refractivity contribution in [3.63, 3.8) is 0 Å². The van der Waals surface area contributed by atoms with E-state index >= 15 is 0 Å². The van der Waals surface area contributed by atoms with E-state index in [9.17, 15) is 0 Å². The smallest absolute Gasteiger partial charge is 0.114 e. The lowest BCUT2D eigenvalue weighted by Gasteiger charge is -1.84. The van der Waals surface area contributed by atoms with Crippen LogP contribution in [0.3, 0.4) is 0 Å². The molecule has 2 rings (SSSR count). The van der Waals surface area contributed by atoms with E-state index in [1.807, 2.05) is 36.5 Å². The molecule has 0 fully saturated rings. The van der Waals surface area contributed by atoms with Crippen LogP contribution >= 0.6 is 0 Å². The van der Waals surface area contributed by atoms with Gasteiger partial charge in [0, 0.05) is 6.04 Å². The van der Waals surface area contributed by atoms with Gasteiger partial charge in [-0.1, -0.05) is 35.9 Å². The summed E-state index contributed by atoms with van der Waals surface area (Å²) < 4.78 is 1.41. The number of rotatable bonds is 0. The van der Waals surface area contributed by atoms with Crippen LogP contribution in [0.5, 0.6) is 0 Å². The summed E-state index contributed by atoms with van der Waals surface area (Å²) in [5.41, 5.74) is 0. The lowest BCUT2D eigenvalue weighted by atomic mass is 10.3. The highest BCUT2D eigenvalue weighted by Gasteiger charge is 1.94. The third-order valence-electron chi connectivity index (χ3n) is 1.70. The fourth-order valence-electron chi connectivity index (χ4n) is 1.09. The minimum atomic E-state index is 0.790. The lowest BCUT2D eigenvalue weighted by Crippen LogP contribution is -2.28. The Morgan fingerprint density at radius 1 is 1.15 bits per heavy atom. The molecule has 0 amide bonds. The summed E-state index contributed by atoms with van der Waals surface area (Å²) in [6, 6.07) is 2.42. The minimum Gasteiger partial charge on any atom is -0.169 e. The molecule has 1 aliphatic rings. The Kier molecular flexibility index (Phi) is 1.81. The minimum absolute atomic E-state index is 0.790. The van der Waals surface area contributed by atoms with Gasteiger partial charge in [-0.05, 0) is 12.2 Å². The maximum Gasteiger partial charge on any atom is 0.114 e. The molecule has 1 aromatic rings. The monoisotopic (exact) mass is 169 g/mol. The highest BCUT2D eigenvalue weighted by atomic mass is 15.4. The third kappa shape index (κ3) is 1.30. The Balaban J connectivity index is 2.84. The summed E-state index contributed by atoms with van der Waals surface area (Å²) in [4.78, 5) is 0. The molecule has 13 heavy (non-hydrogen) atoms. The van der Waals surface area contributed by atoms with Crippen LogP contribution in [0.1, 0.15) is 0 Å². The Labute approximate surface area is 75.4 Å². The molecule has 0 atom stereocenters. The van der Waals surface area contributed by atoms with Crippen LogP contribution in [0.25, 0.3) is 12.2 Å². The zero-order chi connectivity index (χ0) is 9.10. The molecule has 0 bridgehead atoms. The van der Waals surface area contributed by atoms with Gasteiger partial charge in [-0.15, -0.1) is 5.10 Å². The van der Waals surface area contributed by atoms with E-state index in [1.165, 1.54) is 4.68 Å². The van der Waals surface area contributed by atoms with Crippen LogP contribution < -0.4 is 10.7 Å². The van der Waals surface area contributed by atoms with Gasteiger partial charge in [-0.2, -0.15) is 4.68 Å². The van der Waals surface area contributed by atoms with Crippen LogP contribution in [0.2, 0.25) is 0 Å². The molecule has 0 aromatic carbocycles. The van der Waals surface area contributed by atoms with Gasteiger partial charge in [-0.25, -0.2) is 0 Å². The van der Waals surface area contributed by atoms with Crippen LogP contribution in [0.15, 0.2) is 24.3 Å². The van der Waals surface area contributed by atoms with Gasteiger partial charge in [-0.3, -0.25) is 0 Å². The Hall–Kier alpha value is -2.08. The van der Waals surface area contributed by atoms with E-state index in [-0.39, 0.29) is 0 Å². The number of hydrogen-bond donors (Lipinski definition) is 0. The second kappa shape index (κ2) is 3.11. The summed E-state index contributed by atoms with van der Waals surface area (Å²) >= 11 is 0. The number of aromatic nitrogens is 3. The summed E-state index contributed by atoms with van der Waals surface area (Å²) in [5, 5.41) is 9.35. The van der Waals surface area contributed by atoms with E-state index in [2.05, 4.69) is 16.4 Å². The molecule has 0 saturated carbocycles. The quantitative estimate of drug-likeness (QED) is 0.486. The summed E-state index contributed by atoms with van der Waals surface area (Å²) in [5.74, 6) is 0. The summed E-state index contributed by atoms with van der Waals surface area (Å²) in [6.07, 6.45) is 16.7. The van der Waals surface area contributed by atoms with Crippen molar-refractivity contribution in [2.24, 2.45) is 0 Å². The molecular formula is C10H7N3. The van der Waals surface area contributed by atoms with Gasteiger partial charge in [0.2, 0.25) is 0 Å². The number of allylic oxidation sites excluding steroid dienone is 4. The molecule has 1 aromatic heterocycles. The van der Waals surface area contributed by atoms with Crippen molar-refractivity contribution in [3.8, 4) is 12.5 Å². The molecule has 0 saturated heterocycles. The summed E-state index contributed by atoms with van der Waals surface area (Å²) in [6.45, 7) is 0. The highest BCUT2D eigenvalue weighted by Crippen LogP contribution is 1.81. The maximum absolute atomic E-state index is 5.24. The van der Waals surface area contributed by atoms with Crippen molar-refractivity contribution in [2.75, 3.05) is 0 Å². The first-order chi connectivity index (χ1) is 6.42. The number of terminal acetylenes is 1. The predicted octanol–water partition coefficient (Wildman–Crippen LogP) is -0.596. The zero-order valence-electron chi connectivity index (χ0n) is 6.88. The van der Waals surface area contributed by atoms with Crippen molar-refractivity contribution in [2.45, 2.75) is 0 Å². The van der Waals surface area contributed by atoms with E-state index < -0.39 is 0 Å². The first kappa shape index (κ1) is 7.56. The first-order valence-corrected chi connectivity index (χ1v) is 3.85. The van der Waals surface area contributed by atoms with Crippen molar-refractivity contribution in [1.82, 2.24) is 15.0 Å². The van der Waals surface area contributed by atoms with Crippen molar-refractivity contribution in [3.05, 3.63) is 35.0 Å². The fourth-order valence-corrected chi connectivity index (χ4v) is 1.09. The SMILES string of the molecule is C#Cn1nnc2/c1=C\C=C/C=C\C=2. The molecule has 3 nitrogen and oxygen atoms in total. The second-order valence-electron chi connectivity index (χ2n) is 2.50. The van der Waals surface area contributed by atoms with Crippen LogP contribution in [0, 0.1) is 12.5 Å². The van der Waals surface area contributed by atoms with Crippen molar-refractivity contribution in [1.29, 1.82) is 0 Å². The maximum atomic E-state index is 5.24. The largest absolute Gasteiger partial charge is 0.169 e. The third-order valence-corrected chi connectivity index (χ3v) is 1.70. The summed E-state index contributed by atoms with van der Waals surface area (Å²) in [7, 11) is 0. The number of nitrogens with zero attached hydrogens (tertiary/aromatic N) is 3. The Bertz CT molecular complexity index is 523. The van der Waals surface area contributed by atoms with E-state index in [0.717, 1.165) is 10.7 Å². The van der Waals surface area contributed by atoms with Crippen molar-refractivity contribution >= 4 is 12.2 Å². The molecule has 1 aliphatic carbocycles. The highest BCUT2D eigenvalue weighted by molar-refractivity contribution is 5.45. The molecule has 0 radical (unpaired) electrons. The second-order valence-corrected chi connectivity index (χ2v) is 2.50.